The van der Waals surface area contributed by atoms with Gasteiger partial charge in [0.15, 0.2) is 0 Å². The number of carbonyl (C=O) groups is 2. The number of rotatable bonds is 4. The fourth-order valence-electron chi connectivity index (χ4n) is 1.39. The van der Waals surface area contributed by atoms with E-state index in [1.807, 2.05) is 0 Å². The molecular weight excluding hydrogens is 228 g/mol. The first kappa shape index (κ1) is 12.7. The quantitative estimate of drug-likeness (QED) is 0.760. The van der Waals surface area contributed by atoms with Crippen molar-refractivity contribution in [3.05, 3.63) is 34.3 Å². The van der Waals surface area contributed by atoms with Crippen molar-refractivity contribution in [3.8, 4) is 0 Å². The molecule has 1 aromatic carbocycles. The Balaban J connectivity index is 3.11. The highest BCUT2D eigenvalue weighted by molar-refractivity contribution is 6.32. The summed E-state index contributed by atoms with van der Waals surface area (Å²) in [5, 5.41) is 0.417. The average molecular weight is 241 g/mol. The number of benzene rings is 1. The Morgan fingerprint density at radius 3 is 2.62 bits per heavy atom. The van der Waals surface area contributed by atoms with Crippen LogP contribution in [0, 0.1) is 0 Å². The summed E-state index contributed by atoms with van der Waals surface area (Å²) in [5.74, 6) is -0.486. The lowest BCUT2D eigenvalue weighted by atomic mass is 10.0. The van der Waals surface area contributed by atoms with Crippen molar-refractivity contribution in [2.75, 3.05) is 6.61 Å². The molecule has 0 atom stereocenters. The van der Waals surface area contributed by atoms with E-state index in [0.717, 1.165) is 0 Å². The van der Waals surface area contributed by atoms with Gasteiger partial charge in [-0.3, -0.25) is 4.79 Å². The molecule has 4 heteroatoms. The topological polar surface area (TPSA) is 43.4 Å². The third kappa shape index (κ3) is 3.07. The molecule has 3 nitrogen and oxygen atoms in total. The Bertz CT molecular complexity index is 413. The van der Waals surface area contributed by atoms with Crippen molar-refractivity contribution in [2.45, 2.75) is 20.3 Å². The number of ether oxygens (including phenoxy) is 1. The summed E-state index contributed by atoms with van der Waals surface area (Å²) in [6.45, 7) is 3.48. The zero-order chi connectivity index (χ0) is 12.1. The Labute approximate surface area is 99.4 Å². The van der Waals surface area contributed by atoms with E-state index in [2.05, 4.69) is 0 Å². The summed E-state index contributed by atoms with van der Waals surface area (Å²) < 4.78 is 4.90. The molecule has 0 heterocycles. The summed E-state index contributed by atoms with van der Waals surface area (Å²) in [6, 6.07) is 4.93. The second-order valence-electron chi connectivity index (χ2n) is 3.37. The molecule has 0 aromatic heterocycles. The molecule has 0 fully saturated rings. The van der Waals surface area contributed by atoms with Gasteiger partial charge in [0.2, 0.25) is 0 Å². The van der Waals surface area contributed by atoms with E-state index in [0.29, 0.717) is 22.8 Å². The van der Waals surface area contributed by atoms with Crippen LogP contribution in [-0.2, 0) is 16.0 Å². The molecule has 0 N–H and O–H groups in total. The molecule has 0 aliphatic heterocycles. The largest absolute Gasteiger partial charge is 0.462 e. The van der Waals surface area contributed by atoms with Crippen molar-refractivity contribution in [1.29, 1.82) is 0 Å². The number of hydrogen-bond acceptors (Lipinski definition) is 3. The molecule has 0 aliphatic rings. The predicted octanol–water partition coefficient (Wildman–Crippen LogP) is 2.65. The Hall–Kier alpha value is -1.35. The molecule has 0 unspecified atom stereocenters. The monoisotopic (exact) mass is 240 g/mol. The number of hydrogen-bond donors (Lipinski definition) is 0. The predicted molar refractivity (Wildman–Crippen MR) is 61.8 cm³/mol. The molecule has 1 aromatic rings. The molecule has 86 valence electrons. The van der Waals surface area contributed by atoms with Gasteiger partial charge >= 0.3 is 5.97 Å². The van der Waals surface area contributed by atoms with Crippen molar-refractivity contribution in [2.24, 2.45) is 0 Å². The van der Waals surface area contributed by atoms with Crippen molar-refractivity contribution >= 4 is 23.4 Å². The van der Waals surface area contributed by atoms with Gasteiger partial charge in [-0.25, -0.2) is 4.79 Å². The van der Waals surface area contributed by atoms with E-state index < -0.39 is 5.97 Å². The molecule has 0 amide bonds. The maximum atomic E-state index is 11.6. The zero-order valence-corrected chi connectivity index (χ0v) is 10.0. The van der Waals surface area contributed by atoms with Crippen LogP contribution < -0.4 is 0 Å². The molecule has 0 saturated carbocycles. The molecule has 0 spiro atoms. The maximum absolute atomic E-state index is 11.6. The average Bonchev–Trinajstić information content (AvgIpc) is 2.20. The van der Waals surface area contributed by atoms with Crippen molar-refractivity contribution in [1.82, 2.24) is 0 Å². The van der Waals surface area contributed by atoms with E-state index in [9.17, 15) is 9.59 Å². The number of esters is 1. The number of ketones is 1. The Morgan fingerprint density at radius 2 is 2.06 bits per heavy atom. The summed E-state index contributed by atoms with van der Waals surface area (Å²) in [5.41, 5.74) is 0.902. The van der Waals surface area contributed by atoms with Crippen molar-refractivity contribution < 1.29 is 14.3 Å². The zero-order valence-electron chi connectivity index (χ0n) is 9.25. The molecular formula is C12H13ClO3. The second kappa shape index (κ2) is 5.66. The van der Waals surface area contributed by atoms with Crippen LogP contribution in [0.15, 0.2) is 18.2 Å². The molecule has 1 rings (SSSR count). The van der Waals surface area contributed by atoms with Gasteiger partial charge in [0.1, 0.15) is 5.78 Å². The highest BCUT2D eigenvalue weighted by Crippen LogP contribution is 2.21. The molecule has 0 radical (unpaired) electrons. The first-order valence-corrected chi connectivity index (χ1v) is 5.38. The van der Waals surface area contributed by atoms with Gasteiger partial charge < -0.3 is 4.74 Å². The van der Waals surface area contributed by atoms with Crippen LogP contribution in [0.3, 0.4) is 0 Å². The van der Waals surface area contributed by atoms with Gasteiger partial charge in [-0.05, 0) is 31.5 Å². The highest BCUT2D eigenvalue weighted by atomic mass is 35.5. The third-order valence-corrected chi connectivity index (χ3v) is 2.39. The minimum Gasteiger partial charge on any atom is -0.462 e. The van der Waals surface area contributed by atoms with E-state index in [4.69, 9.17) is 16.3 Å². The first-order valence-electron chi connectivity index (χ1n) is 5.00. The lowest BCUT2D eigenvalue weighted by Crippen LogP contribution is -2.10. The summed E-state index contributed by atoms with van der Waals surface area (Å²) >= 11 is 5.96. The number of carbonyl (C=O) groups excluding carboxylic acids is 2. The molecule has 16 heavy (non-hydrogen) atoms. The normalized spacial score (nSPS) is 9.94. The molecule has 0 saturated heterocycles. The summed E-state index contributed by atoms with van der Waals surface area (Å²) in [6.07, 6.45) is 0.147. The van der Waals surface area contributed by atoms with E-state index in [1.165, 1.54) is 6.92 Å². The van der Waals surface area contributed by atoms with Crippen LogP contribution in [0.4, 0.5) is 0 Å². The lowest BCUT2D eigenvalue weighted by molar-refractivity contribution is -0.116. The first-order chi connectivity index (χ1) is 7.56. The van der Waals surface area contributed by atoms with Crippen LogP contribution in [0.2, 0.25) is 5.02 Å². The molecule has 0 aliphatic carbocycles. The van der Waals surface area contributed by atoms with Gasteiger partial charge in [-0.15, -0.1) is 0 Å². The van der Waals surface area contributed by atoms with Crippen molar-refractivity contribution in [3.63, 3.8) is 0 Å². The minimum absolute atomic E-state index is 0.0429. The highest BCUT2D eigenvalue weighted by Gasteiger charge is 2.15. The van der Waals surface area contributed by atoms with E-state index in [-0.39, 0.29) is 12.2 Å². The van der Waals surface area contributed by atoms with Gasteiger partial charge in [-0.1, -0.05) is 17.7 Å². The standard InChI is InChI=1S/C12H13ClO3/c1-3-16-12(15)9-5-4-6-11(13)10(9)7-8(2)14/h4-6H,3,7H2,1-2H3. The Kier molecular flexibility index (Phi) is 4.50. The van der Waals surface area contributed by atoms with Crippen LogP contribution in [0.5, 0.6) is 0 Å². The fourth-order valence-corrected chi connectivity index (χ4v) is 1.63. The number of Topliss-reactive ketones (excluding diaryl/α,β-unsaturated/α-hetero) is 1. The smallest absolute Gasteiger partial charge is 0.338 e. The number of halogens is 1. The van der Waals surface area contributed by atoms with Gasteiger partial charge in [0, 0.05) is 11.4 Å². The lowest BCUT2D eigenvalue weighted by Gasteiger charge is -2.09. The van der Waals surface area contributed by atoms with Gasteiger partial charge in [-0.2, -0.15) is 0 Å². The SMILES string of the molecule is CCOC(=O)c1cccc(Cl)c1CC(C)=O. The fraction of sp³-hybridized carbons (Fsp3) is 0.333. The van der Waals surface area contributed by atoms with E-state index >= 15 is 0 Å². The third-order valence-electron chi connectivity index (χ3n) is 2.04. The van der Waals surface area contributed by atoms with E-state index in [1.54, 1.807) is 25.1 Å². The Morgan fingerprint density at radius 1 is 1.38 bits per heavy atom. The van der Waals surface area contributed by atoms with Crippen LogP contribution in [-0.4, -0.2) is 18.4 Å². The van der Waals surface area contributed by atoms with Gasteiger partial charge in [0.25, 0.3) is 0 Å². The van der Waals surface area contributed by atoms with Crippen LogP contribution >= 0.6 is 11.6 Å². The molecule has 0 bridgehead atoms. The van der Waals surface area contributed by atoms with Crippen LogP contribution in [0.1, 0.15) is 29.8 Å². The summed E-state index contributed by atoms with van der Waals surface area (Å²) in [7, 11) is 0. The van der Waals surface area contributed by atoms with Gasteiger partial charge in [0.05, 0.1) is 12.2 Å². The maximum Gasteiger partial charge on any atom is 0.338 e. The minimum atomic E-state index is -0.443. The second-order valence-corrected chi connectivity index (χ2v) is 3.77. The van der Waals surface area contributed by atoms with Crippen LogP contribution in [0.25, 0.3) is 0 Å². The summed E-state index contributed by atoms with van der Waals surface area (Å²) in [4.78, 5) is 22.7.